The minimum absolute atomic E-state index is 0.586. The second kappa shape index (κ2) is 7.56. The van der Waals surface area contributed by atoms with E-state index in [9.17, 15) is 0 Å². The lowest BCUT2D eigenvalue weighted by Gasteiger charge is -2.08. The Kier molecular flexibility index (Phi) is 5.01. The van der Waals surface area contributed by atoms with Gasteiger partial charge < -0.3 is 10.6 Å². The zero-order chi connectivity index (χ0) is 15.9. The molecule has 0 radical (unpaired) electrons. The molecule has 3 rings (SSSR count). The normalized spacial score (nSPS) is 10.3. The largest absolute Gasteiger partial charge is 0.366 e. The molecule has 0 bridgehead atoms. The van der Waals surface area contributed by atoms with E-state index in [1.165, 1.54) is 0 Å². The van der Waals surface area contributed by atoms with Gasteiger partial charge in [-0.3, -0.25) is 4.98 Å². The lowest BCUT2D eigenvalue weighted by Crippen LogP contribution is -2.06. The first-order valence-electron chi connectivity index (χ1n) is 7.24. The molecule has 2 heterocycles. The number of nitrogens with zero attached hydrogens (tertiary/aromatic N) is 3. The lowest BCUT2D eigenvalue weighted by atomic mass is 10.2. The van der Waals surface area contributed by atoms with Crippen LogP contribution in [0.1, 0.15) is 11.1 Å². The van der Waals surface area contributed by atoms with E-state index >= 15 is 0 Å². The second-order valence-electron chi connectivity index (χ2n) is 4.95. The predicted octanol–water partition coefficient (Wildman–Crippen LogP) is 3.75. The maximum Gasteiger partial charge on any atom is 0.224 e. The predicted molar refractivity (Wildman–Crippen MR) is 92.4 cm³/mol. The van der Waals surface area contributed by atoms with E-state index in [4.69, 9.17) is 11.6 Å². The van der Waals surface area contributed by atoms with Gasteiger partial charge in [0.05, 0.1) is 0 Å². The summed E-state index contributed by atoms with van der Waals surface area (Å²) in [5, 5.41) is 7.21. The maximum absolute atomic E-state index is 5.88. The quantitative estimate of drug-likeness (QED) is 0.722. The molecule has 0 saturated carbocycles. The van der Waals surface area contributed by atoms with E-state index < -0.39 is 0 Å². The van der Waals surface area contributed by atoms with Crippen molar-refractivity contribution in [3.05, 3.63) is 77.2 Å². The molecule has 5 nitrogen and oxygen atoms in total. The highest BCUT2D eigenvalue weighted by Gasteiger charge is 2.00. The molecule has 0 fully saturated rings. The van der Waals surface area contributed by atoms with Crippen molar-refractivity contribution in [1.29, 1.82) is 0 Å². The monoisotopic (exact) mass is 325 g/mol. The van der Waals surface area contributed by atoms with Gasteiger partial charge >= 0.3 is 0 Å². The first kappa shape index (κ1) is 15.2. The molecular formula is C17H16ClN5. The van der Waals surface area contributed by atoms with Gasteiger partial charge in [0.25, 0.3) is 0 Å². The molecule has 1 aromatic carbocycles. The number of hydrogen-bond acceptors (Lipinski definition) is 5. The molecule has 0 atom stereocenters. The third kappa shape index (κ3) is 4.66. The van der Waals surface area contributed by atoms with E-state index in [0.717, 1.165) is 22.0 Å². The first-order valence-corrected chi connectivity index (χ1v) is 7.61. The number of benzene rings is 1. The Morgan fingerprint density at radius 2 is 1.48 bits per heavy atom. The molecule has 3 aromatic rings. The highest BCUT2D eigenvalue weighted by Crippen LogP contribution is 2.12. The highest BCUT2D eigenvalue weighted by atomic mass is 35.5. The number of nitrogens with one attached hydrogen (secondary N) is 2. The van der Waals surface area contributed by atoms with Crippen molar-refractivity contribution in [3.63, 3.8) is 0 Å². The van der Waals surface area contributed by atoms with Gasteiger partial charge in [-0.25, -0.2) is 4.98 Å². The number of pyridine rings is 1. The third-order valence-corrected chi connectivity index (χ3v) is 3.49. The van der Waals surface area contributed by atoms with Crippen LogP contribution in [0.5, 0.6) is 0 Å². The number of aromatic nitrogens is 3. The summed E-state index contributed by atoms with van der Waals surface area (Å²) in [4.78, 5) is 12.7. The van der Waals surface area contributed by atoms with Crippen LogP contribution in [0.15, 0.2) is 61.1 Å². The maximum atomic E-state index is 5.88. The summed E-state index contributed by atoms with van der Waals surface area (Å²) in [5.74, 6) is 1.36. The van der Waals surface area contributed by atoms with Gasteiger partial charge in [-0.05, 0) is 41.5 Å². The molecular weight excluding hydrogens is 310 g/mol. The second-order valence-corrected chi connectivity index (χ2v) is 5.39. The lowest BCUT2D eigenvalue weighted by molar-refractivity contribution is 1.03. The van der Waals surface area contributed by atoms with Gasteiger partial charge in [0.1, 0.15) is 5.82 Å². The summed E-state index contributed by atoms with van der Waals surface area (Å²) in [6.07, 6.45) is 5.26. The van der Waals surface area contributed by atoms with E-state index in [2.05, 4.69) is 25.6 Å². The Balaban J connectivity index is 1.57. The Morgan fingerprint density at radius 3 is 2.26 bits per heavy atom. The van der Waals surface area contributed by atoms with E-state index in [-0.39, 0.29) is 0 Å². The smallest absolute Gasteiger partial charge is 0.224 e. The molecule has 0 amide bonds. The Labute approximate surface area is 139 Å². The molecule has 2 N–H and O–H groups in total. The van der Waals surface area contributed by atoms with E-state index in [1.807, 2.05) is 42.5 Å². The summed E-state index contributed by atoms with van der Waals surface area (Å²) in [6.45, 7) is 1.33. The van der Waals surface area contributed by atoms with Crippen molar-refractivity contribution in [1.82, 2.24) is 15.0 Å². The van der Waals surface area contributed by atoms with Crippen LogP contribution in [-0.4, -0.2) is 15.0 Å². The zero-order valence-electron chi connectivity index (χ0n) is 12.4. The number of rotatable bonds is 6. The topological polar surface area (TPSA) is 62.7 Å². The van der Waals surface area contributed by atoms with Crippen molar-refractivity contribution in [3.8, 4) is 0 Å². The van der Waals surface area contributed by atoms with Gasteiger partial charge in [-0.15, -0.1) is 0 Å². The summed E-state index contributed by atoms with van der Waals surface area (Å²) in [6, 6.07) is 13.5. The van der Waals surface area contributed by atoms with Crippen LogP contribution in [0.25, 0.3) is 0 Å². The van der Waals surface area contributed by atoms with Crippen LogP contribution in [0.4, 0.5) is 11.8 Å². The minimum Gasteiger partial charge on any atom is -0.366 e. The molecule has 0 aliphatic rings. The van der Waals surface area contributed by atoms with Gasteiger partial charge in [0, 0.05) is 36.7 Å². The van der Waals surface area contributed by atoms with Crippen LogP contribution in [0.2, 0.25) is 5.02 Å². The van der Waals surface area contributed by atoms with Crippen LogP contribution >= 0.6 is 11.6 Å². The Hall–Kier alpha value is -2.66. The van der Waals surface area contributed by atoms with Gasteiger partial charge in [-0.1, -0.05) is 23.7 Å². The van der Waals surface area contributed by atoms with E-state index in [0.29, 0.717) is 19.0 Å². The fourth-order valence-electron chi connectivity index (χ4n) is 2.02. The summed E-state index contributed by atoms with van der Waals surface area (Å²) in [7, 11) is 0. The Morgan fingerprint density at radius 1 is 0.783 bits per heavy atom. The number of halogens is 1. The van der Waals surface area contributed by atoms with Crippen molar-refractivity contribution < 1.29 is 0 Å². The molecule has 0 spiro atoms. The summed E-state index contributed by atoms with van der Waals surface area (Å²) >= 11 is 5.88. The third-order valence-electron chi connectivity index (χ3n) is 3.24. The summed E-state index contributed by atoms with van der Waals surface area (Å²) < 4.78 is 0. The molecule has 0 saturated heterocycles. The van der Waals surface area contributed by atoms with Crippen LogP contribution < -0.4 is 10.6 Å². The van der Waals surface area contributed by atoms with Crippen molar-refractivity contribution >= 4 is 23.4 Å². The molecule has 6 heteroatoms. The van der Waals surface area contributed by atoms with Crippen molar-refractivity contribution in [2.45, 2.75) is 13.1 Å². The SMILES string of the molecule is Clc1ccc(CNc2ccnc(NCc3ccncc3)n2)cc1. The standard InChI is InChI=1S/C17H16ClN5/c18-15-3-1-13(2-4-15)11-21-16-7-10-20-17(23-16)22-12-14-5-8-19-9-6-14/h1-10H,11-12H2,(H2,20,21,22,23). The average Bonchev–Trinajstić information content (AvgIpc) is 2.61. The molecule has 2 aromatic heterocycles. The van der Waals surface area contributed by atoms with Crippen LogP contribution in [0, 0.1) is 0 Å². The van der Waals surface area contributed by atoms with Crippen molar-refractivity contribution in [2.24, 2.45) is 0 Å². The van der Waals surface area contributed by atoms with Gasteiger partial charge in [0.15, 0.2) is 0 Å². The average molecular weight is 326 g/mol. The fourth-order valence-corrected chi connectivity index (χ4v) is 2.14. The van der Waals surface area contributed by atoms with Gasteiger partial charge in [-0.2, -0.15) is 4.98 Å². The fraction of sp³-hybridized carbons (Fsp3) is 0.118. The van der Waals surface area contributed by atoms with E-state index in [1.54, 1.807) is 18.6 Å². The molecule has 23 heavy (non-hydrogen) atoms. The van der Waals surface area contributed by atoms with Crippen LogP contribution in [-0.2, 0) is 13.1 Å². The molecule has 0 unspecified atom stereocenters. The van der Waals surface area contributed by atoms with Gasteiger partial charge in [0.2, 0.25) is 5.95 Å². The van der Waals surface area contributed by atoms with Crippen molar-refractivity contribution in [2.75, 3.05) is 10.6 Å². The molecule has 116 valence electrons. The molecule has 0 aliphatic heterocycles. The zero-order valence-corrected chi connectivity index (χ0v) is 13.2. The number of hydrogen-bond donors (Lipinski definition) is 2. The molecule has 0 aliphatic carbocycles. The van der Waals surface area contributed by atoms with Crippen LogP contribution in [0.3, 0.4) is 0 Å². The Bertz CT molecular complexity index is 746. The highest BCUT2D eigenvalue weighted by molar-refractivity contribution is 6.30. The number of anilines is 2. The summed E-state index contributed by atoms with van der Waals surface area (Å²) in [5.41, 5.74) is 2.27. The minimum atomic E-state index is 0.586. The first-order chi connectivity index (χ1) is 11.3.